The molecule has 0 spiro atoms. The van der Waals surface area contributed by atoms with Crippen LogP contribution in [0.2, 0.25) is 0 Å². The normalized spacial score (nSPS) is 21.9. The van der Waals surface area contributed by atoms with Crippen molar-refractivity contribution in [3.8, 4) is 0 Å². The molecule has 4 rings (SSSR count). The van der Waals surface area contributed by atoms with Crippen LogP contribution in [0.5, 0.6) is 0 Å². The quantitative estimate of drug-likeness (QED) is 0.449. The van der Waals surface area contributed by atoms with Crippen LogP contribution in [0.3, 0.4) is 0 Å². The fraction of sp³-hybridized carbons (Fsp3) is 0.348. The number of benzene rings is 1. The molecule has 156 valence electrons. The number of Topliss-reactive ketones (excluding diaryl/α,β-unsaturated/α-hetero) is 1. The lowest BCUT2D eigenvalue weighted by Crippen LogP contribution is -2.38. The first-order valence-corrected chi connectivity index (χ1v) is 10.2. The van der Waals surface area contributed by atoms with Gasteiger partial charge in [0.1, 0.15) is 5.76 Å². The summed E-state index contributed by atoms with van der Waals surface area (Å²) in [5, 5.41) is 10.9. The number of nitrogens with zero attached hydrogens (tertiary/aromatic N) is 3. The van der Waals surface area contributed by atoms with E-state index in [4.69, 9.17) is 4.74 Å². The van der Waals surface area contributed by atoms with Gasteiger partial charge in [0.25, 0.3) is 11.7 Å². The van der Waals surface area contributed by atoms with E-state index < -0.39 is 17.7 Å². The molecule has 1 N–H and O–H groups in total. The summed E-state index contributed by atoms with van der Waals surface area (Å²) in [7, 11) is 0. The summed E-state index contributed by atoms with van der Waals surface area (Å²) < 4.78 is 5.38. The Bertz CT molecular complexity index is 924. The van der Waals surface area contributed by atoms with Gasteiger partial charge in [-0.15, -0.1) is 0 Å². The molecule has 1 atom stereocenters. The number of likely N-dealkylation sites (tertiary alicyclic amines) is 1. The van der Waals surface area contributed by atoms with Crippen LogP contribution in [-0.2, 0) is 14.3 Å². The predicted octanol–water partition coefficient (Wildman–Crippen LogP) is 2.23. The summed E-state index contributed by atoms with van der Waals surface area (Å²) in [6.45, 7) is 4.45. The fourth-order valence-electron chi connectivity index (χ4n) is 4.04. The summed E-state index contributed by atoms with van der Waals surface area (Å²) in [6, 6.07) is 11.8. The molecule has 0 unspecified atom stereocenters. The van der Waals surface area contributed by atoms with Gasteiger partial charge in [-0.3, -0.25) is 19.5 Å². The standard InChI is InChI=1S/C23H25N3O4/c27-21(18-5-2-1-3-6-18)19-20(17-7-9-24-10-8-17)26(23(29)22(19)28)12-4-11-25-13-15-30-16-14-25/h1-3,5-10,20,27H,4,11-16H2/b21-19+/t20-/m1/s1. The number of pyridine rings is 1. The van der Waals surface area contributed by atoms with Crippen molar-refractivity contribution >= 4 is 17.4 Å². The molecule has 1 amide bonds. The highest BCUT2D eigenvalue weighted by Gasteiger charge is 2.45. The molecule has 0 radical (unpaired) electrons. The van der Waals surface area contributed by atoms with Crippen molar-refractivity contribution < 1.29 is 19.4 Å². The Hall–Kier alpha value is -3.03. The monoisotopic (exact) mass is 407 g/mol. The van der Waals surface area contributed by atoms with Crippen LogP contribution in [0.4, 0.5) is 0 Å². The van der Waals surface area contributed by atoms with Crippen molar-refractivity contribution in [2.75, 3.05) is 39.4 Å². The first-order chi connectivity index (χ1) is 14.7. The number of rotatable bonds is 6. The summed E-state index contributed by atoms with van der Waals surface area (Å²) in [5.41, 5.74) is 1.40. The van der Waals surface area contributed by atoms with Gasteiger partial charge in [-0.05, 0) is 24.1 Å². The van der Waals surface area contributed by atoms with Gasteiger partial charge >= 0.3 is 0 Å². The number of aliphatic hydroxyl groups is 1. The van der Waals surface area contributed by atoms with Crippen molar-refractivity contribution in [1.29, 1.82) is 0 Å². The Morgan fingerprint density at radius 2 is 1.73 bits per heavy atom. The number of ether oxygens (including phenoxy) is 1. The van der Waals surface area contributed by atoms with Gasteiger partial charge in [0.15, 0.2) is 0 Å². The van der Waals surface area contributed by atoms with Crippen LogP contribution in [0.15, 0.2) is 60.4 Å². The lowest BCUT2D eigenvalue weighted by atomic mass is 9.96. The lowest BCUT2D eigenvalue weighted by molar-refractivity contribution is -0.140. The molecule has 7 nitrogen and oxygen atoms in total. The molecule has 1 aromatic heterocycles. The number of aromatic nitrogens is 1. The van der Waals surface area contributed by atoms with E-state index in [-0.39, 0.29) is 11.3 Å². The highest BCUT2D eigenvalue weighted by atomic mass is 16.5. The van der Waals surface area contributed by atoms with Gasteiger partial charge in [0.2, 0.25) is 0 Å². The first kappa shape index (κ1) is 20.3. The third-order valence-electron chi connectivity index (χ3n) is 5.59. The number of ketones is 1. The molecule has 7 heteroatoms. The summed E-state index contributed by atoms with van der Waals surface area (Å²) in [5.74, 6) is -1.37. The van der Waals surface area contributed by atoms with Crippen LogP contribution in [-0.4, -0.2) is 71.0 Å². The average molecular weight is 407 g/mol. The molecule has 2 aromatic rings. The Morgan fingerprint density at radius 3 is 2.43 bits per heavy atom. The topological polar surface area (TPSA) is 83.0 Å². The Morgan fingerprint density at radius 1 is 1.03 bits per heavy atom. The van der Waals surface area contributed by atoms with Crippen molar-refractivity contribution in [3.05, 3.63) is 71.6 Å². The second-order valence-corrected chi connectivity index (χ2v) is 7.45. The van der Waals surface area contributed by atoms with Gasteiger partial charge in [0.05, 0.1) is 24.8 Å². The smallest absolute Gasteiger partial charge is 0.295 e. The SMILES string of the molecule is O=C1C(=O)N(CCCN2CCOCC2)[C@H](c2ccncc2)/C1=C(\O)c1ccccc1. The van der Waals surface area contributed by atoms with Gasteiger partial charge in [-0.25, -0.2) is 0 Å². The summed E-state index contributed by atoms with van der Waals surface area (Å²) in [6.07, 6.45) is 4.00. The van der Waals surface area contributed by atoms with Crippen LogP contribution in [0, 0.1) is 0 Å². The predicted molar refractivity (Wildman–Crippen MR) is 112 cm³/mol. The number of carbonyl (C=O) groups excluding carboxylic acids is 2. The second kappa shape index (κ2) is 9.19. The Kier molecular flexibility index (Phi) is 6.21. The Balaban J connectivity index is 1.63. The van der Waals surface area contributed by atoms with Crippen molar-refractivity contribution in [3.63, 3.8) is 0 Å². The number of morpholine rings is 1. The van der Waals surface area contributed by atoms with E-state index in [1.807, 2.05) is 6.07 Å². The van der Waals surface area contributed by atoms with Crippen molar-refractivity contribution in [2.45, 2.75) is 12.5 Å². The summed E-state index contributed by atoms with van der Waals surface area (Å²) >= 11 is 0. The maximum absolute atomic E-state index is 12.9. The van der Waals surface area contributed by atoms with Crippen LogP contribution < -0.4 is 0 Å². The zero-order valence-corrected chi connectivity index (χ0v) is 16.7. The molecule has 30 heavy (non-hydrogen) atoms. The minimum atomic E-state index is -0.649. The molecule has 2 fully saturated rings. The highest BCUT2D eigenvalue weighted by Crippen LogP contribution is 2.39. The zero-order chi connectivity index (χ0) is 20.9. The second-order valence-electron chi connectivity index (χ2n) is 7.45. The molecule has 3 heterocycles. The maximum Gasteiger partial charge on any atom is 0.295 e. The van der Waals surface area contributed by atoms with Crippen LogP contribution >= 0.6 is 0 Å². The molecule has 0 aliphatic carbocycles. The molecular formula is C23H25N3O4. The maximum atomic E-state index is 12.9. The third kappa shape index (κ3) is 4.13. The van der Waals surface area contributed by atoms with Crippen LogP contribution in [0.25, 0.3) is 5.76 Å². The van der Waals surface area contributed by atoms with E-state index in [9.17, 15) is 14.7 Å². The highest BCUT2D eigenvalue weighted by molar-refractivity contribution is 6.46. The molecular weight excluding hydrogens is 382 g/mol. The van der Waals surface area contributed by atoms with E-state index in [1.54, 1.807) is 53.7 Å². The van der Waals surface area contributed by atoms with Gasteiger partial charge in [-0.1, -0.05) is 30.3 Å². The van der Waals surface area contributed by atoms with Crippen molar-refractivity contribution in [1.82, 2.24) is 14.8 Å². The van der Waals surface area contributed by atoms with E-state index in [1.165, 1.54) is 0 Å². The van der Waals surface area contributed by atoms with Gasteiger partial charge in [-0.2, -0.15) is 0 Å². The van der Waals surface area contributed by atoms with Crippen molar-refractivity contribution in [2.24, 2.45) is 0 Å². The van der Waals surface area contributed by atoms with E-state index in [0.717, 1.165) is 44.8 Å². The number of hydrogen-bond donors (Lipinski definition) is 1. The number of carbonyl (C=O) groups is 2. The molecule has 0 bridgehead atoms. The van der Waals surface area contributed by atoms with Crippen LogP contribution in [0.1, 0.15) is 23.6 Å². The van der Waals surface area contributed by atoms with Gasteiger partial charge in [0, 0.05) is 44.1 Å². The molecule has 2 saturated heterocycles. The fourth-order valence-corrected chi connectivity index (χ4v) is 4.04. The first-order valence-electron chi connectivity index (χ1n) is 10.2. The number of aliphatic hydroxyl groups excluding tert-OH is 1. The number of amides is 1. The largest absolute Gasteiger partial charge is 0.507 e. The molecule has 2 aliphatic heterocycles. The minimum Gasteiger partial charge on any atom is -0.507 e. The zero-order valence-electron chi connectivity index (χ0n) is 16.7. The molecule has 0 saturated carbocycles. The van der Waals surface area contributed by atoms with E-state index in [2.05, 4.69) is 9.88 Å². The Labute approximate surface area is 175 Å². The summed E-state index contributed by atoms with van der Waals surface area (Å²) in [4.78, 5) is 33.7. The van der Waals surface area contributed by atoms with Gasteiger partial charge < -0.3 is 14.7 Å². The molecule has 2 aliphatic rings. The number of hydrogen-bond acceptors (Lipinski definition) is 6. The van der Waals surface area contributed by atoms with E-state index >= 15 is 0 Å². The van der Waals surface area contributed by atoms with E-state index in [0.29, 0.717) is 12.1 Å². The average Bonchev–Trinajstić information content (AvgIpc) is 3.05. The minimum absolute atomic E-state index is 0.128. The lowest BCUT2D eigenvalue weighted by Gasteiger charge is -2.29. The third-order valence-corrected chi connectivity index (χ3v) is 5.59. The molecule has 1 aromatic carbocycles.